The zero-order valence-electron chi connectivity index (χ0n) is 14.7. The highest BCUT2D eigenvalue weighted by molar-refractivity contribution is 5.94. The van der Waals surface area contributed by atoms with Gasteiger partial charge in [0.25, 0.3) is 5.91 Å². The van der Waals surface area contributed by atoms with Crippen molar-refractivity contribution in [3.8, 4) is 11.4 Å². The lowest BCUT2D eigenvalue weighted by Gasteiger charge is -2.11. The Morgan fingerprint density at radius 2 is 1.60 bits per heavy atom. The first-order chi connectivity index (χ1) is 12.1. The fourth-order valence-corrected chi connectivity index (χ4v) is 2.96. The fraction of sp³-hybridized carbons (Fsp3) is 0.190. The lowest BCUT2D eigenvalue weighted by atomic mass is 10.1. The molecule has 0 aliphatic heterocycles. The van der Waals surface area contributed by atoms with Crippen LogP contribution in [0.15, 0.2) is 60.7 Å². The van der Waals surface area contributed by atoms with E-state index in [0.717, 1.165) is 17.0 Å². The van der Waals surface area contributed by atoms with Crippen LogP contribution in [0.25, 0.3) is 5.69 Å². The molecule has 0 aliphatic carbocycles. The molecule has 0 saturated carbocycles. The molecule has 1 aromatic heterocycles. The van der Waals surface area contributed by atoms with Crippen LogP contribution >= 0.6 is 0 Å². The number of ether oxygens (including phenoxy) is 1. The quantitative estimate of drug-likeness (QED) is 0.765. The topological polar surface area (TPSA) is 43.3 Å². The van der Waals surface area contributed by atoms with Crippen LogP contribution in [0.5, 0.6) is 5.75 Å². The van der Waals surface area contributed by atoms with Gasteiger partial charge in [0.15, 0.2) is 0 Å². The highest BCUT2D eigenvalue weighted by atomic mass is 16.5. The summed E-state index contributed by atoms with van der Waals surface area (Å²) in [4.78, 5) is 12.4. The number of hydrogen-bond donors (Lipinski definition) is 1. The molecule has 0 radical (unpaired) electrons. The number of aryl methyl sites for hydroxylation is 2. The average Bonchev–Trinajstić information content (AvgIpc) is 2.98. The Bertz CT molecular complexity index is 860. The van der Waals surface area contributed by atoms with Crippen LogP contribution in [-0.4, -0.2) is 17.6 Å². The summed E-state index contributed by atoms with van der Waals surface area (Å²) in [6.07, 6.45) is 0. The highest BCUT2D eigenvalue weighted by Crippen LogP contribution is 2.18. The molecule has 1 N–H and O–H groups in total. The Kier molecular flexibility index (Phi) is 4.89. The normalized spacial score (nSPS) is 10.5. The van der Waals surface area contributed by atoms with Gasteiger partial charge in [0.2, 0.25) is 0 Å². The molecule has 0 bridgehead atoms. The number of amides is 1. The molecule has 4 heteroatoms. The van der Waals surface area contributed by atoms with Crippen LogP contribution in [0.2, 0.25) is 0 Å². The molecule has 25 heavy (non-hydrogen) atoms. The average molecular weight is 334 g/mol. The number of rotatable bonds is 5. The van der Waals surface area contributed by atoms with Crippen LogP contribution < -0.4 is 10.1 Å². The molecule has 0 unspecified atom stereocenters. The number of aromatic nitrogens is 1. The van der Waals surface area contributed by atoms with E-state index in [0.29, 0.717) is 12.1 Å². The summed E-state index contributed by atoms with van der Waals surface area (Å²) in [5.74, 6) is 0.676. The van der Waals surface area contributed by atoms with Crippen molar-refractivity contribution in [2.75, 3.05) is 7.11 Å². The van der Waals surface area contributed by atoms with Gasteiger partial charge in [-0.05, 0) is 56.3 Å². The largest absolute Gasteiger partial charge is 0.496 e. The van der Waals surface area contributed by atoms with Crippen LogP contribution in [0.4, 0.5) is 0 Å². The van der Waals surface area contributed by atoms with Crippen molar-refractivity contribution in [1.82, 2.24) is 9.88 Å². The summed E-state index contributed by atoms with van der Waals surface area (Å²) in [6.45, 7) is 4.57. The molecule has 0 atom stereocenters. The lowest BCUT2D eigenvalue weighted by Crippen LogP contribution is -2.23. The van der Waals surface area contributed by atoms with Crippen molar-refractivity contribution in [2.24, 2.45) is 0 Å². The summed E-state index contributed by atoms with van der Waals surface area (Å²) in [7, 11) is 1.63. The Morgan fingerprint density at radius 3 is 2.24 bits per heavy atom. The third kappa shape index (κ3) is 3.58. The predicted octanol–water partition coefficient (Wildman–Crippen LogP) is 4.03. The number of carbonyl (C=O) groups excluding carboxylic acids is 1. The van der Waals surface area contributed by atoms with Gasteiger partial charge in [-0.15, -0.1) is 0 Å². The van der Waals surface area contributed by atoms with Gasteiger partial charge >= 0.3 is 0 Å². The summed E-state index contributed by atoms with van der Waals surface area (Å²) >= 11 is 0. The zero-order chi connectivity index (χ0) is 17.8. The maximum Gasteiger partial charge on any atom is 0.251 e. The summed E-state index contributed by atoms with van der Waals surface area (Å²) in [5, 5.41) is 2.94. The number of carbonyl (C=O) groups is 1. The van der Waals surface area contributed by atoms with Gasteiger partial charge in [0.05, 0.1) is 7.11 Å². The first-order valence-electron chi connectivity index (χ1n) is 8.25. The van der Waals surface area contributed by atoms with Crippen LogP contribution in [0.3, 0.4) is 0 Å². The van der Waals surface area contributed by atoms with Crippen molar-refractivity contribution >= 4 is 5.91 Å². The Labute approximate surface area is 148 Å². The lowest BCUT2D eigenvalue weighted by molar-refractivity contribution is 0.0950. The third-order valence-electron chi connectivity index (χ3n) is 4.29. The molecule has 0 spiro atoms. The number of benzene rings is 2. The number of methoxy groups -OCH3 is 1. The van der Waals surface area contributed by atoms with Crippen LogP contribution in [-0.2, 0) is 6.54 Å². The first kappa shape index (κ1) is 16.8. The second-order valence-electron chi connectivity index (χ2n) is 5.99. The van der Waals surface area contributed by atoms with Crippen LogP contribution in [0, 0.1) is 13.8 Å². The fourth-order valence-electron chi connectivity index (χ4n) is 2.96. The molecule has 1 amide bonds. The highest BCUT2D eigenvalue weighted by Gasteiger charge is 2.09. The molecular formula is C21H22N2O2. The minimum Gasteiger partial charge on any atom is -0.496 e. The van der Waals surface area contributed by atoms with Crippen molar-refractivity contribution in [1.29, 1.82) is 0 Å². The SMILES string of the molecule is COc1ccccc1CNC(=O)c1ccc(-n2c(C)ccc2C)cc1. The summed E-state index contributed by atoms with van der Waals surface area (Å²) < 4.78 is 7.47. The van der Waals surface area contributed by atoms with Crippen molar-refractivity contribution < 1.29 is 9.53 Å². The van der Waals surface area contributed by atoms with E-state index in [9.17, 15) is 4.79 Å². The Balaban J connectivity index is 1.71. The van der Waals surface area contributed by atoms with E-state index in [1.165, 1.54) is 11.4 Å². The number of para-hydroxylation sites is 1. The molecule has 3 rings (SSSR count). The standard InChI is InChI=1S/C21H22N2O2/c1-15-8-9-16(2)23(15)19-12-10-17(11-13-19)21(24)22-14-18-6-4-5-7-20(18)25-3/h4-13H,14H2,1-3H3,(H,22,24). The molecule has 0 saturated heterocycles. The first-order valence-corrected chi connectivity index (χ1v) is 8.25. The molecule has 0 aliphatic rings. The molecule has 0 fully saturated rings. The molecule has 128 valence electrons. The summed E-state index contributed by atoms with van der Waals surface area (Å²) in [6, 6.07) is 19.5. The maximum absolute atomic E-state index is 12.4. The van der Waals surface area contributed by atoms with E-state index in [1.807, 2.05) is 48.5 Å². The number of hydrogen-bond acceptors (Lipinski definition) is 2. The zero-order valence-corrected chi connectivity index (χ0v) is 14.7. The third-order valence-corrected chi connectivity index (χ3v) is 4.29. The van der Waals surface area contributed by atoms with Crippen molar-refractivity contribution in [2.45, 2.75) is 20.4 Å². The molecule has 2 aromatic carbocycles. The molecule has 1 heterocycles. The number of nitrogens with one attached hydrogen (secondary N) is 1. The van der Waals surface area contributed by atoms with E-state index in [4.69, 9.17) is 4.74 Å². The van der Waals surface area contributed by atoms with Crippen molar-refractivity contribution in [3.63, 3.8) is 0 Å². The minimum atomic E-state index is -0.0987. The van der Waals surface area contributed by atoms with E-state index in [2.05, 4.69) is 35.9 Å². The van der Waals surface area contributed by atoms with E-state index in [-0.39, 0.29) is 5.91 Å². The second kappa shape index (κ2) is 7.26. The van der Waals surface area contributed by atoms with Crippen molar-refractivity contribution in [3.05, 3.63) is 83.2 Å². The summed E-state index contributed by atoms with van der Waals surface area (Å²) in [5.41, 5.74) is 4.99. The van der Waals surface area contributed by atoms with Gasteiger partial charge in [-0.25, -0.2) is 0 Å². The smallest absolute Gasteiger partial charge is 0.251 e. The second-order valence-corrected chi connectivity index (χ2v) is 5.99. The monoisotopic (exact) mass is 334 g/mol. The Morgan fingerprint density at radius 1 is 0.960 bits per heavy atom. The van der Waals surface area contributed by atoms with Gasteiger partial charge < -0.3 is 14.6 Å². The predicted molar refractivity (Wildman–Crippen MR) is 99.4 cm³/mol. The van der Waals surface area contributed by atoms with Crippen LogP contribution in [0.1, 0.15) is 27.3 Å². The van der Waals surface area contributed by atoms with Gasteiger partial charge in [0, 0.05) is 34.7 Å². The van der Waals surface area contributed by atoms with Gasteiger partial charge in [0.1, 0.15) is 5.75 Å². The Hall–Kier alpha value is -3.01. The molecular weight excluding hydrogens is 312 g/mol. The molecule has 3 aromatic rings. The van der Waals surface area contributed by atoms with Gasteiger partial charge in [-0.3, -0.25) is 4.79 Å². The van der Waals surface area contributed by atoms with E-state index >= 15 is 0 Å². The minimum absolute atomic E-state index is 0.0987. The van der Waals surface area contributed by atoms with E-state index < -0.39 is 0 Å². The van der Waals surface area contributed by atoms with Gasteiger partial charge in [-0.1, -0.05) is 18.2 Å². The van der Waals surface area contributed by atoms with E-state index in [1.54, 1.807) is 7.11 Å². The molecule has 4 nitrogen and oxygen atoms in total. The van der Waals surface area contributed by atoms with Gasteiger partial charge in [-0.2, -0.15) is 0 Å². The maximum atomic E-state index is 12.4. The number of nitrogens with zero attached hydrogens (tertiary/aromatic N) is 1.